The van der Waals surface area contributed by atoms with Gasteiger partial charge in [-0.1, -0.05) is 62.2 Å². The van der Waals surface area contributed by atoms with Gasteiger partial charge in [0.05, 0.1) is 27.9 Å². The lowest BCUT2D eigenvalue weighted by Crippen LogP contribution is -2.30. The Morgan fingerprint density at radius 2 is 1.53 bits per heavy atom. The Morgan fingerprint density at radius 3 is 2.23 bits per heavy atom. The Hall–Kier alpha value is -2.93. The van der Waals surface area contributed by atoms with Crippen LogP contribution < -0.4 is 5.56 Å². The van der Waals surface area contributed by atoms with E-state index in [1.165, 1.54) is 16.7 Å². The maximum Gasteiger partial charge on any atom is 0.262 e. The highest BCUT2D eigenvalue weighted by Crippen LogP contribution is 2.27. The second-order valence-electron chi connectivity index (χ2n) is 7.29. The van der Waals surface area contributed by atoms with E-state index in [0.29, 0.717) is 33.7 Å². The summed E-state index contributed by atoms with van der Waals surface area (Å²) in [5, 5.41) is 1.12. The number of nitrogens with zero attached hydrogens (tertiary/aromatic N) is 3. The number of carbonyl (C=O) groups is 2. The summed E-state index contributed by atoms with van der Waals surface area (Å²) in [5.41, 5.74) is 1.39. The van der Waals surface area contributed by atoms with E-state index in [4.69, 9.17) is 0 Å². The topological polar surface area (TPSA) is 72.3 Å². The number of rotatable bonds is 8. The molecule has 2 amide bonds. The fourth-order valence-electron chi connectivity index (χ4n) is 3.63. The number of hydrogen-bond acceptors (Lipinski definition) is 5. The molecule has 0 aliphatic carbocycles. The van der Waals surface area contributed by atoms with Crippen LogP contribution in [0, 0.1) is 0 Å². The average Bonchev–Trinajstić information content (AvgIpc) is 3.01. The fraction of sp³-hybridized carbons (Fsp3) is 0.304. The zero-order chi connectivity index (χ0) is 21.1. The molecule has 7 heteroatoms. The summed E-state index contributed by atoms with van der Waals surface area (Å²) < 4.78 is 1.68. The van der Waals surface area contributed by atoms with Crippen molar-refractivity contribution in [3.63, 3.8) is 0 Å². The van der Waals surface area contributed by atoms with Crippen LogP contribution in [0.1, 0.15) is 53.3 Å². The Labute approximate surface area is 178 Å². The number of aromatic nitrogens is 2. The predicted molar refractivity (Wildman–Crippen MR) is 118 cm³/mol. The van der Waals surface area contributed by atoms with E-state index in [9.17, 15) is 14.4 Å². The van der Waals surface area contributed by atoms with Crippen molar-refractivity contribution >= 4 is 34.5 Å². The van der Waals surface area contributed by atoms with E-state index < -0.39 is 0 Å². The van der Waals surface area contributed by atoms with Gasteiger partial charge in [-0.25, -0.2) is 4.98 Å². The number of hydrogen-bond donors (Lipinski definition) is 0. The van der Waals surface area contributed by atoms with E-state index in [1.807, 2.05) is 18.2 Å². The lowest BCUT2D eigenvalue weighted by Gasteiger charge is -2.16. The van der Waals surface area contributed by atoms with Gasteiger partial charge in [-0.3, -0.25) is 23.9 Å². The molecular formula is C23H23N3O3S. The van der Waals surface area contributed by atoms with E-state index in [-0.39, 0.29) is 23.3 Å². The van der Waals surface area contributed by atoms with Gasteiger partial charge < -0.3 is 0 Å². The van der Waals surface area contributed by atoms with Gasteiger partial charge >= 0.3 is 0 Å². The molecule has 0 atom stereocenters. The number of para-hydroxylation sites is 1. The van der Waals surface area contributed by atoms with Crippen LogP contribution in [-0.2, 0) is 6.54 Å². The molecule has 0 bridgehead atoms. The maximum atomic E-state index is 13.1. The highest BCUT2D eigenvalue weighted by molar-refractivity contribution is 7.99. The number of fused-ring (bicyclic) bond motifs is 2. The van der Waals surface area contributed by atoms with Crippen LogP contribution in [0.3, 0.4) is 0 Å². The van der Waals surface area contributed by atoms with Gasteiger partial charge in [0.15, 0.2) is 5.16 Å². The molecule has 0 radical (unpaired) electrons. The summed E-state index contributed by atoms with van der Waals surface area (Å²) >= 11 is 1.25. The van der Waals surface area contributed by atoms with Crippen molar-refractivity contribution in [2.24, 2.45) is 0 Å². The van der Waals surface area contributed by atoms with Crippen LogP contribution in [0.5, 0.6) is 0 Å². The number of benzene rings is 2. The van der Waals surface area contributed by atoms with Gasteiger partial charge in [-0.2, -0.15) is 0 Å². The molecule has 0 fully saturated rings. The summed E-state index contributed by atoms with van der Waals surface area (Å²) in [6.45, 7) is 2.72. The Morgan fingerprint density at radius 1 is 0.867 bits per heavy atom. The normalized spacial score (nSPS) is 13.3. The molecular weight excluding hydrogens is 398 g/mol. The average molecular weight is 422 g/mol. The molecule has 1 aliphatic heterocycles. The van der Waals surface area contributed by atoms with E-state index in [0.717, 1.165) is 25.7 Å². The molecule has 2 heterocycles. The van der Waals surface area contributed by atoms with Crippen molar-refractivity contribution in [2.75, 3.05) is 5.88 Å². The molecule has 3 aromatic rings. The van der Waals surface area contributed by atoms with Gasteiger partial charge in [0.2, 0.25) is 0 Å². The predicted octanol–water partition coefficient (Wildman–Crippen LogP) is 4.32. The molecule has 0 saturated carbocycles. The first-order valence-electron chi connectivity index (χ1n) is 10.2. The number of amides is 2. The highest BCUT2D eigenvalue weighted by Gasteiger charge is 2.35. The van der Waals surface area contributed by atoms with Crippen LogP contribution in [0.25, 0.3) is 10.9 Å². The second-order valence-corrected chi connectivity index (χ2v) is 8.20. The van der Waals surface area contributed by atoms with Crippen LogP contribution in [-0.4, -0.2) is 32.1 Å². The molecule has 4 rings (SSSR count). The third-order valence-electron chi connectivity index (χ3n) is 5.26. The van der Waals surface area contributed by atoms with Gasteiger partial charge in [0.25, 0.3) is 17.4 Å². The lowest BCUT2D eigenvalue weighted by atomic mass is 10.1. The molecule has 154 valence electrons. The Kier molecular flexibility index (Phi) is 5.99. The van der Waals surface area contributed by atoms with Gasteiger partial charge in [-0.05, 0) is 30.7 Å². The number of thioether (sulfide) groups is 1. The van der Waals surface area contributed by atoms with Crippen molar-refractivity contribution < 1.29 is 9.59 Å². The molecule has 30 heavy (non-hydrogen) atoms. The van der Waals surface area contributed by atoms with Gasteiger partial charge in [-0.15, -0.1) is 0 Å². The lowest BCUT2D eigenvalue weighted by molar-refractivity contribution is 0.0684. The molecule has 0 saturated heterocycles. The van der Waals surface area contributed by atoms with E-state index >= 15 is 0 Å². The minimum atomic E-state index is -0.305. The summed E-state index contributed by atoms with van der Waals surface area (Å²) in [4.78, 5) is 44.2. The standard InChI is InChI=1S/C23H23N3O3S/c1-2-3-4-9-14-25-22(29)18-12-7-8-13-19(18)24-23(25)30-15-26-20(27)16-10-5-6-11-17(16)21(26)28/h5-8,10-13H,2-4,9,14-15H2,1H3. The van der Waals surface area contributed by atoms with Crippen molar-refractivity contribution in [3.05, 3.63) is 70.0 Å². The van der Waals surface area contributed by atoms with E-state index in [2.05, 4.69) is 11.9 Å². The quantitative estimate of drug-likeness (QED) is 0.234. The number of carbonyl (C=O) groups excluding carboxylic acids is 2. The van der Waals surface area contributed by atoms with Gasteiger partial charge in [0.1, 0.15) is 0 Å². The number of imide groups is 1. The van der Waals surface area contributed by atoms with Crippen molar-refractivity contribution in [1.82, 2.24) is 14.5 Å². The monoisotopic (exact) mass is 421 g/mol. The second kappa shape index (κ2) is 8.83. The molecule has 0 spiro atoms. The Bertz CT molecular complexity index is 1140. The largest absolute Gasteiger partial charge is 0.287 e. The fourth-order valence-corrected chi connectivity index (χ4v) is 4.60. The minimum Gasteiger partial charge on any atom is -0.287 e. The van der Waals surface area contributed by atoms with E-state index in [1.54, 1.807) is 34.9 Å². The third kappa shape index (κ3) is 3.77. The van der Waals surface area contributed by atoms with Gasteiger partial charge in [0, 0.05) is 6.54 Å². The first kappa shape index (κ1) is 20.3. The molecule has 0 unspecified atom stereocenters. The molecule has 0 N–H and O–H groups in total. The third-order valence-corrected chi connectivity index (χ3v) is 6.22. The van der Waals surface area contributed by atoms with Crippen molar-refractivity contribution in [2.45, 2.75) is 44.3 Å². The SMILES string of the molecule is CCCCCCn1c(SCN2C(=O)c3ccccc3C2=O)nc2ccccc2c1=O. The smallest absolute Gasteiger partial charge is 0.262 e. The summed E-state index contributed by atoms with van der Waals surface area (Å²) in [7, 11) is 0. The maximum absolute atomic E-state index is 13.1. The molecule has 2 aromatic carbocycles. The zero-order valence-electron chi connectivity index (χ0n) is 16.8. The summed E-state index contributed by atoms with van der Waals surface area (Å²) in [6.07, 6.45) is 4.16. The first-order chi connectivity index (χ1) is 14.6. The first-order valence-corrected chi connectivity index (χ1v) is 11.2. The van der Waals surface area contributed by atoms with Crippen LogP contribution >= 0.6 is 11.8 Å². The highest BCUT2D eigenvalue weighted by atomic mass is 32.2. The minimum absolute atomic E-state index is 0.0815. The molecule has 6 nitrogen and oxygen atoms in total. The summed E-state index contributed by atoms with van der Waals surface area (Å²) in [6, 6.07) is 14.1. The Balaban J connectivity index is 1.61. The van der Waals surface area contributed by atoms with Crippen molar-refractivity contribution in [3.8, 4) is 0 Å². The number of unbranched alkanes of at least 4 members (excludes halogenated alkanes) is 3. The summed E-state index contributed by atoms with van der Waals surface area (Å²) in [5.74, 6) is -0.493. The van der Waals surface area contributed by atoms with Crippen LogP contribution in [0.2, 0.25) is 0 Å². The molecule has 1 aromatic heterocycles. The van der Waals surface area contributed by atoms with Crippen LogP contribution in [0.15, 0.2) is 58.5 Å². The zero-order valence-corrected chi connectivity index (χ0v) is 17.7. The molecule has 1 aliphatic rings. The van der Waals surface area contributed by atoms with Crippen molar-refractivity contribution in [1.29, 1.82) is 0 Å². The van der Waals surface area contributed by atoms with Crippen LogP contribution in [0.4, 0.5) is 0 Å².